The standard InChI is InChI=1S/C21H14O3/c22-17-10-8-16-13-18(11-9-15(16)12-17)24-21(23)20-7-3-5-14-4-1-2-6-19(14)20/h1-13,22H. The normalized spacial score (nSPS) is 10.8. The van der Waals surface area contributed by atoms with Gasteiger partial charge in [-0.25, -0.2) is 4.79 Å². The van der Waals surface area contributed by atoms with E-state index >= 15 is 0 Å². The van der Waals surface area contributed by atoms with Gasteiger partial charge in [-0.05, 0) is 51.9 Å². The van der Waals surface area contributed by atoms with Crippen molar-refractivity contribution in [2.24, 2.45) is 0 Å². The lowest BCUT2D eigenvalue weighted by atomic mass is 10.0. The molecule has 0 heterocycles. The molecule has 24 heavy (non-hydrogen) atoms. The molecule has 0 saturated heterocycles. The van der Waals surface area contributed by atoms with Gasteiger partial charge in [0.05, 0.1) is 5.56 Å². The van der Waals surface area contributed by atoms with Gasteiger partial charge in [-0.2, -0.15) is 0 Å². The third kappa shape index (κ3) is 2.57. The van der Waals surface area contributed by atoms with E-state index in [0.717, 1.165) is 21.5 Å². The van der Waals surface area contributed by atoms with Gasteiger partial charge in [0.25, 0.3) is 0 Å². The number of ether oxygens (including phenoxy) is 1. The highest BCUT2D eigenvalue weighted by atomic mass is 16.5. The van der Waals surface area contributed by atoms with Crippen LogP contribution < -0.4 is 4.74 Å². The molecular weight excluding hydrogens is 300 g/mol. The molecule has 0 bridgehead atoms. The highest BCUT2D eigenvalue weighted by Gasteiger charge is 2.12. The number of esters is 1. The number of rotatable bonds is 2. The number of phenolic OH excluding ortho intramolecular Hbond substituents is 1. The lowest BCUT2D eigenvalue weighted by molar-refractivity contribution is 0.0737. The van der Waals surface area contributed by atoms with Crippen LogP contribution in [0.1, 0.15) is 10.4 Å². The zero-order chi connectivity index (χ0) is 16.5. The number of benzene rings is 4. The van der Waals surface area contributed by atoms with Crippen LogP contribution in [0.15, 0.2) is 78.9 Å². The topological polar surface area (TPSA) is 46.5 Å². The maximum Gasteiger partial charge on any atom is 0.344 e. The molecule has 0 aliphatic rings. The van der Waals surface area contributed by atoms with Crippen LogP contribution in [-0.4, -0.2) is 11.1 Å². The second kappa shape index (κ2) is 5.70. The Kier molecular flexibility index (Phi) is 3.39. The van der Waals surface area contributed by atoms with Crippen molar-refractivity contribution in [1.82, 2.24) is 0 Å². The number of phenols is 1. The van der Waals surface area contributed by atoms with Gasteiger partial charge in [0, 0.05) is 0 Å². The molecule has 0 aromatic heterocycles. The van der Waals surface area contributed by atoms with Crippen LogP contribution >= 0.6 is 0 Å². The van der Waals surface area contributed by atoms with E-state index in [1.54, 1.807) is 36.4 Å². The summed E-state index contributed by atoms with van der Waals surface area (Å²) in [5, 5.41) is 13.2. The van der Waals surface area contributed by atoms with Crippen LogP contribution in [0.3, 0.4) is 0 Å². The Bertz CT molecular complexity index is 1060. The van der Waals surface area contributed by atoms with Gasteiger partial charge in [0.15, 0.2) is 0 Å². The zero-order valence-electron chi connectivity index (χ0n) is 12.8. The van der Waals surface area contributed by atoms with E-state index in [2.05, 4.69) is 0 Å². The molecule has 116 valence electrons. The SMILES string of the molecule is O=C(Oc1ccc2cc(O)ccc2c1)c1cccc2ccccc12. The molecule has 4 aromatic carbocycles. The minimum Gasteiger partial charge on any atom is -0.508 e. The van der Waals surface area contributed by atoms with Gasteiger partial charge in [-0.15, -0.1) is 0 Å². The molecule has 3 heteroatoms. The quantitative estimate of drug-likeness (QED) is 0.422. The number of aromatic hydroxyl groups is 1. The molecule has 1 N–H and O–H groups in total. The third-order valence-electron chi connectivity index (χ3n) is 4.02. The molecule has 0 atom stereocenters. The van der Waals surface area contributed by atoms with E-state index in [1.807, 2.05) is 42.5 Å². The average Bonchev–Trinajstić information content (AvgIpc) is 2.61. The highest BCUT2D eigenvalue weighted by molar-refractivity contribution is 6.05. The van der Waals surface area contributed by atoms with Gasteiger partial charge in [-0.1, -0.05) is 48.5 Å². The fourth-order valence-electron chi connectivity index (χ4n) is 2.84. The predicted octanol–water partition coefficient (Wildman–Crippen LogP) is 4.92. The van der Waals surface area contributed by atoms with Crippen molar-refractivity contribution in [3.63, 3.8) is 0 Å². The molecule has 0 radical (unpaired) electrons. The molecule has 0 spiro atoms. The van der Waals surface area contributed by atoms with Gasteiger partial charge < -0.3 is 9.84 Å². The summed E-state index contributed by atoms with van der Waals surface area (Å²) in [6, 6.07) is 23.7. The molecule has 0 saturated carbocycles. The first-order valence-electron chi connectivity index (χ1n) is 7.63. The highest BCUT2D eigenvalue weighted by Crippen LogP contribution is 2.26. The molecule has 3 nitrogen and oxygen atoms in total. The van der Waals surface area contributed by atoms with Crippen molar-refractivity contribution in [2.75, 3.05) is 0 Å². The maximum atomic E-state index is 12.6. The van der Waals surface area contributed by atoms with Crippen molar-refractivity contribution in [3.05, 3.63) is 84.4 Å². The summed E-state index contributed by atoms with van der Waals surface area (Å²) in [6.45, 7) is 0. The van der Waals surface area contributed by atoms with E-state index in [-0.39, 0.29) is 11.7 Å². The molecule has 0 aliphatic heterocycles. The summed E-state index contributed by atoms with van der Waals surface area (Å²) < 4.78 is 5.55. The van der Waals surface area contributed by atoms with Gasteiger partial charge >= 0.3 is 5.97 Å². The van der Waals surface area contributed by atoms with Crippen LogP contribution in [0.25, 0.3) is 21.5 Å². The van der Waals surface area contributed by atoms with Gasteiger partial charge in [0.1, 0.15) is 11.5 Å². The van der Waals surface area contributed by atoms with E-state index in [9.17, 15) is 9.90 Å². The molecule has 0 unspecified atom stereocenters. The number of hydrogen-bond acceptors (Lipinski definition) is 3. The number of hydrogen-bond donors (Lipinski definition) is 1. The Balaban J connectivity index is 1.69. The van der Waals surface area contributed by atoms with E-state index < -0.39 is 0 Å². The second-order valence-electron chi connectivity index (χ2n) is 5.61. The van der Waals surface area contributed by atoms with Crippen LogP contribution in [-0.2, 0) is 0 Å². The van der Waals surface area contributed by atoms with Crippen molar-refractivity contribution in [2.45, 2.75) is 0 Å². The number of carbonyl (C=O) groups excluding carboxylic acids is 1. The lowest BCUT2D eigenvalue weighted by Crippen LogP contribution is -2.09. The molecule has 0 amide bonds. The smallest absolute Gasteiger partial charge is 0.344 e. The summed E-state index contributed by atoms with van der Waals surface area (Å²) in [6.07, 6.45) is 0. The summed E-state index contributed by atoms with van der Waals surface area (Å²) in [5.74, 6) is 0.305. The van der Waals surface area contributed by atoms with Gasteiger partial charge in [-0.3, -0.25) is 0 Å². The molecule has 4 rings (SSSR count). The van der Waals surface area contributed by atoms with Crippen molar-refractivity contribution in [3.8, 4) is 11.5 Å². The number of carbonyl (C=O) groups is 1. The monoisotopic (exact) mass is 314 g/mol. The Hall–Kier alpha value is -3.33. The molecule has 0 fully saturated rings. The summed E-state index contributed by atoms with van der Waals surface area (Å²) >= 11 is 0. The van der Waals surface area contributed by atoms with Crippen molar-refractivity contribution in [1.29, 1.82) is 0 Å². The fraction of sp³-hybridized carbons (Fsp3) is 0. The third-order valence-corrected chi connectivity index (χ3v) is 4.02. The Morgan fingerprint density at radius 2 is 1.50 bits per heavy atom. The molecule has 4 aromatic rings. The van der Waals surface area contributed by atoms with Gasteiger partial charge in [0.2, 0.25) is 0 Å². The lowest BCUT2D eigenvalue weighted by Gasteiger charge is -2.08. The zero-order valence-corrected chi connectivity index (χ0v) is 12.8. The van der Waals surface area contributed by atoms with E-state index in [1.165, 1.54) is 0 Å². The van der Waals surface area contributed by atoms with Crippen LogP contribution in [0, 0.1) is 0 Å². The average molecular weight is 314 g/mol. The van der Waals surface area contributed by atoms with Crippen molar-refractivity contribution >= 4 is 27.5 Å². The largest absolute Gasteiger partial charge is 0.508 e. The summed E-state index contributed by atoms with van der Waals surface area (Å²) in [4.78, 5) is 12.6. The maximum absolute atomic E-state index is 12.6. The Labute approximate surface area is 138 Å². The second-order valence-corrected chi connectivity index (χ2v) is 5.61. The minimum absolute atomic E-state index is 0.211. The molecular formula is C21H14O3. The number of fused-ring (bicyclic) bond motifs is 2. The molecule has 0 aliphatic carbocycles. The van der Waals surface area contributed by atoms with Crippen LogP contribution in [0.2, 0.25) is 0 Å². The fourth-order valence-corrected chi connectivity index (χ4v) is 2.84. The first kappa shape index (κ1) is 14.3. The Morgan fingerprint density at radius 3 is 2.42 bits per heavy atom. The Morgan fingerprint density at radius 1 is 0.750 bits per heavy atom. The minimum atomic E-state index is -0.384. The van der Waals surface area contributed by atoms with E-state index in [4.69, 9.17) is 4.74 Å². The summed E-state index contributed by atoms with van der Waals surface area (Å²) in [5.41, 5.74) is 0.541. The predicted molar refractivity (Wildman–Crippen MR) is 94.5 cm³/mol. The first-order valence-corrected chi connectivity index (χ1v) is 7.63. The van der Waals surface area contributed by atoms with E-state index in [0.29, 0.717) is 11.3 Å². The summed E-state index contributed by atoms with van der Waals surface area (Å²) in [7, 11) is 0. The first-order chi connectivity index (χ1) is 11.7. The van der Waals surface area contributed by atoms with Crippen LogP contribution in [0.5, 0.6) is 11.5 Å². The van der Waals surface area contributed by atoms with Crippen LogP contribution in [0.4, 0.5) is 0 Å². The van der Waals surface area contributed by atoms with Crippen molar-refractivity contribution < 1.29 is 14.6 Å².